The fourth-order valence-corrected chi connectivity index (χ4v) is 2.44. The van der Waals surface area contributed by atoms with Crippen LogP contribution >= 0.6 is 0 Å². The number of hydrogen-bond acceptors (Lipinski definition) is 2. The standard InChI is InChI=1S/C11H24N2Si/c1-5-11(13(7-3)9-14)8-10(4)12-6-2/h8H,5-7,9H2,1-4,14H3/b11-8-,12-10?. The molecule has 3 heteroatoms. The Morgan fingerprint density at radius 2 is 2.00 bits per heavy atom. The molecule has 0 aromatic carbocycles. The van der Waals surface area contributed by atoms with Crippen LogP contribution in [0.3, 0.4) is 0 Å². The van der Waals surface area contributed by atoms with Gasteiger partial charge in [-0.15, -0.1) is 0 Å². The van der Waals surface area contributed by atoms with Crippen LogP contribution in [0.4, 0.5) is 0 Å². The molecule has 0 atom stereocenters. The van der Waals surface area contributed by atoms with E-state index in [0.29, 0.717) is 0 Å². The van der Waals surface area contributed by atoms with Crippen LogP contribution in [-0.4, -0.2) is 40.1 Å². The number of hydrogen-bond donors (Lipinski definition) is 0. The lowest BCUT2D eigenvalue weighted by Crippen LogP contribution is -2.24. The summed E-state index contributed by atoms with van der Waals surface area (Å²) < 4.78 is 0. The molecule has 0 unspecified atom stereocenters. The van der Waals surface area contributed by atoms with Gasteiger partial charge >= 0.3 is 0 Å². The lowest BCUT2D eigenvalue weighted by Gasteiger charge is -2.23. The molecule has 0 aliphatic rings. The van der Waals surface area contributed by atoms with E-state index in [1.54, 1.807) is 0 Å². The third-order valence-electron chi connectivity index (χ3n) is 2.31. The van der Waals surface area contributed by atoms with Gasteiger partial charge in [0.2, 0.25) is 0 Å². The molecule has 0 saturated carbocycles. The van der Waals surface area contributed by atoms with E-state index < -0.39 is 0 Å². The molecule has 0 radical (unpaired) electrons. The molecule has 0 N–H and O–H groups in total. The van der Waals surface area contributed by atoms with E-state index in [0.717, 1.165) is 25.2 Å². The van der Waals surface area contributed by atoms with Crippen molar-refractivity contribution in [3.05, 3.63) is 11.8 Å². The molecule has 0 aliphatic heterocycles. The maximum atomic E-state index is 4.39. The first-order valence-corrected chi connectivity index (χ1v) is 7.07. The highest BCUT2D eigenvalue weighted by molar-refractivity contribution is 6.08. The number of nitrogens with zero attached hydrogens (tertiary/aromatic N) is 2. The average molecular weight is 212 g/mol. The highest BCUT2D eigenvalue weighted by Gasteiger charge is 2.02. The maximum absolute atomic E-state index is 4.39. The second-order valence-electron chi connectivity index (χ2n) is 3.28. The van der Waals surface area contributed by atoms with Gasteiger partial charge in [0.05, 0.1) is 0 Å². The minimum absolute atomic E-state index is 0.881. The molecule has 0 fully saturated rings. The van der Waals surface area contributed by atoms with Gasteiger partial charge < -0.3 is 4.90 Å². The molecular weight excluding hydrogens is 188 g/mol. The molecule has 0 aromatic heterocycles. The van der Waals surface area contributed by atoms with Crippen LogP contribution in [0.15, 0.2) is 16.8 Å². The first-order valence-electron chi connectivity index (χ1n) is 5.66. The van der Waals surface area contributed by atoms with Crippen molar-refractivity contribution < 1.29 is 0 Å². The first kappa shape index (κ1) is 13.4. The predicted molar refractivity (Wildman–Crippen MR) is 69.2 cm³/mol. The molecule has 0 amide bonds. The van der Waals surface area contributed by atoms with Crippen LogP contribution in [0, 0.1) is 0 Å². The van der Waals surface area contributed by atoms with Gasteiger partial charge in [-0.05, 0) is 33.3 Å². The Hall–Kier alpha value is -0.573. The third kappa shape index (κ3) is 4.60. The normalized spacial score (nSPS) is 13.4. The van der Waals surface area contributed by atoms with Crippen LogP contribution in [0.2, 0.25) is 0 Å². The zero-order chi connectivity index (χ0) is 11.0. The SMILES string of the molecule is CCN=C(C)/C=C(/CC)N(CC)C[SiH3]. The van der Waals surface area contributed by atoms with Gasteiger partial charge in [-0.3, -0.25) is 4.99 Å². The molecular formula is C11H24N2Si. The molecule has 0 bridgehead atoms. The zero-order valence-corrected chi connectivity index (χ0v) is 12.3. The maximum Gasteiger partial charge on any atom is 0.0364 e. The topological polar surface area (TPSA) is 15.6 Å². The Morgan fingerprint density at radius 3 is 2.36 bits per heavy atom. The summed E-state index contributed by atoms with van der Waals surface area (Å²) in [6, 6.07) is 0. The van der Waals surface area contributed by atoms with Gasteiger partial charge in [0, 0.05) is 40.9 Å². The number of allylic oxidation sites excluding steroid dienone is 2. The summed E-state index contributed by atoms with van der Waals surface area (Å²) >= 11 is 0. The van der Waals surface area contributed by atoms with Crippen molar-refractivity contribution >= 4 is 16.0 Å². The second kappa shape index (κ2) is 7.80. The van der Waals surface area contributed by atoms with Crippen molar-refractivity contribution in [2.24, 2.45) is 4.99 Å². The van der Waals surface area contributed by atoms with Gasteiger partial charge in [-0.25, -0.2) is 0 Å². The molecule has 0 aromatic rings. The molecule has 0 saturated heterocycles. The Kier molecular flexibility index (Phi) is 7.48. The van der Waals surface area contributed by atoms with E-state index in [1.165, 1.54) is 22.1 Å². The van der Waals surface area contributed by atoms with Crippen LogP contribution in [0.1, 0.15) is 34.1 Å². The van der Waals surface area contributed by atoms with Gasteiger partial charge in [0.25, 0.3) is 0 Å². The highest BCUT2D eigenvalue weighted by atomic mass is 28.1. The van der Waals surface area contributed by atoms with E-state index in [1.807, 2.05) is 0 Å². The Balaban J connectivity index is 4.59. The van der Waals surface area contributed by atoms with Gasteiger partial charge in [0.15, 0.2) is 0 Å². The molecule has 14 heavy (non-hydrogen) atoms. The molecule has 0 spiro atoms. The minimum atomic E-state index is 0.881. The van der Waals surface area contributed by atoms with Gasteiger partial charge in [-0.2, -0.15) is 0 Å². The van der Waals surface area contributed by atoms with Crippen molar-refractivity contribution in [2.75, 3.05) is 19.3 Å². The summed E-state index contributed by atoms with van der Waals surface area (Å²) in [5, 5.41) is 0. The monoisotopic (exact) mass is 212 g/mol. The summed E-state index contributed by atoms with van der Waals surface area (Å²) in [7, 11) is 1.23. The summed E-state index contributed by atoms with van der Waals surface area (Å²) in [5.41, 5.74) is 2.58. The van der Waals surface area contributed by atoms with E-state index in [9.17, 15) is 0 Å². The van der Waals surface area contributed by atoms with Crippen LogP contribution < -0.4 is 0 Å². The average Bonchev–Trinajstić information content (AvgIpc) is 2.18. The minimum Gasteiger partial charge on any atom is -0.379 e. The third-order valence-corrected chi connectivity index (χ3v) is 3.08. The molecule has 0 aliphatic carbocycles. The lowest BCUT2D eigenvalue weighted by molar-refractivity contribution is 0.409. The van der Waals surface area contributed by atoms with Crippen LogP contribution in [0.25, 0.3) is 0 Å². The smallest absolute Gasteiger partial charge is 0.0364 e. The van der Waals surface area contributed by atoms with Crippen LogP contribution in [0.5, 0.6) is 0 Å². The largest absolute Gasteiger partial charge is 0.379 e. The Bertz CT molecular complexity index is 205. The summed E-state index contributed by atoms with van der Waals surface area (Å²) in [6.45, 7) is 10.6. The van der Waals surface area contributed by atoms with Crippen molar-refractivity contribution in [1.82, 2.24) is 4.90 Å². The van der Waals surface area contributed by atoms with Crippen molar-refractivity contribution in [1.29, 1.82) is 0 Å². The fraction of sp³-hybridized carbons (Fsp3) is 0.727. The number of aliphatic imine (C=N–C) groups is 1. The number of rotatable bonds is 6. The summed E-state index contributed by atoms with van der Waals surface area (Å²) in [5.74, 6) is 0. The van der Waals surface area contributed by atoms with Gasteiger partial charge in [0.1, 0.15) is 0 Å². The molecule has 0 rings (SSSR count). The Labute approximate surface area is 91.5 Å². The van der Waals surface area contributed by atoms with Crippen molar-refractivity contribution in [3.8, 4) is 0 Å². The van der Waals surface area contributed by atoms with Gasteiger partial charge in [-0.1, -0.05) is 6.92 Å². The summed E-state index contributed by atoms with van der Waals surface area (Å²) in [6.07, 6.45) is 4.55. The van der Waals surface area contributed by atoms with E-state index in [2.05, 4.69) is 43.7 Å². The molecule has 0 heterocycles. The van der Waals surface area contributed by atoms with E-state index >= 15 is 0 Å². The Morgan fingerprint density at radius 1 is 1.36 bits per heavy atom. The van der Waals surface area contributed by atoms with E-state index in [-0.39, 0.29) is 0 Å². The predicted octanol–water partition coefficient (Wildman–Crippen LogP) is 1.41. The quantitative estimate of drug-likeness (QED) is 0.480. The van der Waals surface area contributed by atoms with Crippen LogP contribution in [-0.2, 0) is 0 Å². The summed E-state index contributed by atoms with van der Waals surface area (Å²) in [4.78, 5) is 6.83. The van der Waals surface area contributed by atoms with E-state index in [4.69, 9.17) is 0 Å². The molecule has 82 valence electrons. The lowest BCUT2D eigenvalue weighted by atomic mass is 10.2. The second-order valence-corrected chi connectivity index (χ2v) is 3.91. The zero-order valence-electron chi connectivity index (χ0n) is 10.3. The fourth-order valence-electron chi connectivity index (χ4n) is 1.58. The molecule has 2 nitrogen and oxygen atoms in total. The first-order chi connectivity index (χ1) is 6.69. The van der Waals surface area contributed by atoms with Crippen molar-refractivity contribution in [2.45, 2.75) is 34.1 Å². The highest BCUT2D eigenvalue weighted by Crippen LogP contribution is 2.07. The van der Waals surface area contributed by atoms with Crippen molar-refractivity contribution in [3.63, 3.8) is 0 Å².